The summed E-state index contributed by atoms with van der Waals surface area (Å²) in [5.74, 6) is 0.285. The number of para-hydroxylation sites is 2. The SMILES string of the molecule is Oc1ccccc1C1=Nc2ccccc2S[C@H](c2ccccc2)C1. The van der Waals surface area contributed by atoms with Crippen molar-refractivity contribution in [2.75, 3.05) is 0 Å². The average Bonchev–Trinajstić information content (AvgIpc) is 2.82. The Balaban J connectivity index is 1.83. The molecule has 0 aliphatic carbocycles. The maximum atomic E-state index is 10.3. The number of phenols is 1. The van der Waals surface area contributed by atoms with Crippen molar-refractivity contribution in [3.63, 3.8) is 0 Å². The lowest BCUT2D eigenvalue weighted by Gasteiger charge is -2.16. The van der Waals surface area contributed by atoms with Crippen LogP contribution in [0.2, 0.25) is 0 Å². The van der Waals surface area contributed by atoms with Gasteiger partial charge in [-0.3, -0.25) is 4.99 Å². The Kier molecular flexibility index (Phi) is 4.09. The smallest absolute Gasteiger partial charge is 0.124 e. The van der Waals surface area contributed by atoms with E-state index in [0.717, 1.165) is 23.4 Å². The number of hydrogen-bond acceptors (Lipinski definition) is 3. The first-order valence-electron chi connectivity index (χ1n) is 7.98. The van der Waals surface area contributed by atoms with Gasteiger partial charge in [0.2, 0.25) is 0 Å². The van der Waals surface area contributed by atoms with Crippen LogP contribution in [0.1, 0.15) is 22.8 Å². The molecule has 0 saturated carbocycles. The summed E-state index contributed by atoms with van der Waals surface area (Å²) in [6, 6.07) is 26.2. The molecule has 1 aliphatic heterocycles. The molecule has 0 amide bonds. The fourth-order valence-corrected chi connectivity index (χ4v) is 4.18. The quantitative estimate of drug-likeness (QED) is 0.648. The van der Waals surface area contributed by atoms with Crippen molar-refractivity contribution in [3.05, 3.63) is 90.0 Å². The van der Waals surface area contributed by atoms with E-state index in [1.54, 1.807) is 6.07 Å². The minimum atomic E-state index is 0.271. The van der Waals surface area contributed by atoms with Crippen LogP contribution in [-0.2, 0) is 0 Å². The monoisotopic (exact) mass is 331 g/mol. The number of rotatable bonds is 2. The van der Waals surface area contributed by atoms with Crippen LogP contribution in [-0.4, -0.2) is 10.8 Å². The summed E-state index contributed by atoms with van der Waals surface area (Å²) in [5.41, 5.74) is 4.00. The standard InChI is InChI=1S/C21H17NOS/c23-19-12-6-4-10-16(19)18-14-21(15-8-2-1-3-9-15)24-20-13-7-5-11-17(20)22-18/h1-13,21,23H,14H2/t21-/m0/s1. The third-order valence-corrected chi connectivity index (χ3v) is 5.48. The molecule has 0 aromatic heterocycles. The maximum Gasteiger partial charge on any atom is 0.124 e. The van der Waals surface area contributed by atoms with Crippen LogP contribution in [0.15, 0.2) is 88.8 Å². The lowest BCUT2D eigenvalue weighted by Crippen LogP contribution is -2.05. The third kappa shape index (κ3) is 2.95. The highest BCUT2D eigenvalue weighted by Crippen LogP contribution is 2.45. The topological polar surface area (TPSA) is 32.6 Å². The molecule has 1 atom stereocenters. The van der Waals surface area contributed by atoms with Gasteiger partial charge in [-0.15, -0.1) is 11.8 Å². The molecule has 4 rings (SSSR count). The van der Waals surface area contributed by atoms with Crippen LogP contribution < -0.4 is 0 Å². The maximum absolute atomic E-state index is 10.3. The number of thioether (sulfide) groups is 1. The van der Waals surface area contributed by atoms with Crippen LogP contribution in [0.3, 0.4) is 0 Å². The Hall–Kier alpha value is -2.52. The van der Waals surface area contributed by atoms with E-state index >= 15 is 0 Å². The highest BCUT2D eigenvalue weighted by molar-refractivity contribution is 7.99. The Morgan fingerprint density at radius 3 is 2.38 bits per heavy atom. The molecule has 118 valence electrons. The fraction of sp³-hybridized carbons (Fsp3) is 0.0952. The molecule has 2 nitrogen and oxygen atoms in total. The number of phenolic OH excluding ortho intramolecular Hbond substituents is 1. The number of benzene rings is 3. The molecule has 0 fully saturated rings. The van der Waals surface area contributed by atoms with E-state index in [4.69, 9.17) is 4.99 Å². The molecular weight excluding hydrogens is 314 g/mol. The predicted molar refractivity (Wildman–Crippen MR) is 100 cm³/mol. The van der Waals surface area contributed by atoms with Crippen LogP contribution in [0, 0.1) is 0 Å². The highest BCUT2D eigenvalue weighted by atomic mass is 32.2. The summed E-state index contributed by atoms with van der Waals surface area (Å²) in [6.45, 7) is 0. The first-order valence-corrected chi connectivity index (χ1v) is 8.86. The summed E-state index contributed by atoms with van der Waals surface area (Å²) in [6.07, 6.45) is 0.779. The molecule has 0 spiro atoms. The molecule has 1 aliphatic rings. The molecule has 0 radical (unpaired) electrons. The minimum Gasteiger partial charge on any atom is -0.507 e. The van der Waals surface area contributed by atoms with Gasteiger partial charge < -0.3 is 5.11 Å². The number of aromatic hydroxyl groups is 1. The van der Waals surface area contributed by atoms with Crippen molar-refractivity contribution in [2.24, 2.45) is 4.99 Å². The molecular formula is C21H17NOS. The van der Waals surface area contributed by atoms with Crippen molar-refractivity contribution in [2.45, 2.75) is 16.6 Å². The molecule has 1 N–H and O–H groups in total. The van der Waals surface area contributed by atoms with Gasteiger partial charge in [-0.25, -0.2) is 0 Å². The molecule has 0 bridgehead atoms. The third-order valence-electron chi connectivity index (χ3n) is 4.15. The number of fused-ring (bicyclic) bond motifs is 1. The van der Waals surface area contributed by atoms with E-state index in [1.165, 1.54) is 10.5 Å². The van der Waals surface area contributed by atoms with E-state index in [2.05, 4.69) is 30.3 Å². The second kappa shape index (κ2) is 6.54. The summed E-state index contributed by atoms with van der Waals surface area (Å²) in [7, 11) is 0. The average molecular weight is 331 g/mol. The largest absolute Gasteiger partial charge is 0.507 e. The van der Waals surface area contributed by atoms with Gasteiger partial charge in [0.25, 0.3) is 0 Å². The van der Waals surface area contributed by atoms with E-state index in [1.807, 2.05) is 54.2 Å². The van der Waals surface area contributed by atoms with Gasteiger partial charge in [-0.05, 0) is 29.8 Å². The number of hydrogen-bond donors (Lipinski definition) is 1. The van der Waals surface area contributed by atoms with Gasteiger partial charge in [-0.2, -0.15) is 0 Å². The highest BCUT2D eigenvalue weighted by Gasteiger charge is 2.23. The van der Waals surface area contributed by atoms with Gasteiger partial charge in [-0.1, -0.05) is 54.6 Å². The lowest BCUT2D eigenvalue weighted by molar-refractivity contribution is 0.474. The van der Waals surface area contributed by atoms with Crippen LogP contribution in [0.5, 0.6) is 5.75 Å². The Bertz CT molecular complexity index is 889. The van der Waals surface area contributed by atoms with Crippen LogP contribution in [0.25, 0.3) is 0 Å². The molecule has 0 unspecified atom stereocenters. The minimum absolute atomic E-state index is 0.271. The van der Waals surface area contributed by atoms with Gasteiger partial charge in [0.1, 0.15) is 5.75 Å². The molecule has 3 aromatic carbocycles. The lowest BCUT2D eigenvalue weighted by atomic mass is 10.0. The summed E-state index contributed by atoms with van der Waals surface area (Å²) < 4.78 is 0. The predicted octanol–water partition coefficient (Wildman–Crippen LogP) is 5.75. The Morgan fingerprint density at radius 2 is 1.54 bits per heavy atom. The molecule has 0 saturated heterocycles. The molecule has 3 heteroatoms. The van der Waals surface area contributed by atoms with Gasteiger partial charge in [0.05, 0.1) is 11.4 Å². The normalized spacial score (nSPS) is 16.8. The zero-order valence-electron chi connectivity index (χ0n) is 13.1. The van der Waals surface area contributed by atoms with E-state index in [0.29, 0.717) is 0 Å². The number of aliphatic imine (C=N–C) groups is 1. The summed E-state index contributed by atoms with van der Waals surface area (Å²) in [4.78, 5) is 6.06. The van der Waals surface area contributed by atoms with Crippen LogP contribution in [0.4, 0.5) is 5.69 Å². The molecule has 1 heterocycles. The Morgan fingerprint density at radius 1 is 0.833 bits per heavy atom. The van der Waals surface area contributed by atoms with E-state index < -0.39 is 0 Å². The van der Waals surface area contributed by atoms with Crippen molar-refractivity contribution in [3.8, 4) is 5.75 Å². The van der Waals surface area contributed by atoms with Crippen molar-refractivity contribution in [1.29, 1.82) is 0 Å². The second-order valence-corrected chi connectivity index (χ2v) is 7.01. The molecule has 3 aromatic rings. The number of nitrogens with zero attached hydrogens (tertiary/aromatic N) is 1. The summed E-state index contributed by atoms with van der Waals surface area (Å²) >= 11 is 1.84. The zero-order valence-corrected chi connectivity index (χ0v) is 13.9. The van der Waals surface area contributed by atoms with E-state index in [-0.39, 0.29) is 11.0 Å². The summed E-state index contributed by atoms with van der Waals surface area (Å²) in [5, 5.41) is 10.5. The van der Waals surface area contributed by atoms with Gasteiger partial charge >= 0.3 is 0 Å². The van der Waals surface area contributed by atoms with Gasteiger partial charge in [0.15, 0.2) is 0 Å². The van der Waals surface area contributed by atoms with Gasteiger partial charge in [0, 0.05) is 22.1 Å². The Labute approximate surface area is 145 Å². The van der Waals surface area contributed by atoms with Crippen LogP contribution >= 0.6 is 11.8 Å². The van der Waals surface area contributed by atoms with Crippen molar-refractivity contribution >= 4 is 23.2 Å². The fourth-order valence-electron chi connectivity index (χ4n) is 2.95. The van der Waals surface area contributed by atoms with E-state index in [9.17, 15) is 5.11 Å². The van der Waals surface area contributed by atoms with Crippen molar-refractivity contribution < 1.29 is 5.11 Å². The second-order valence-electron chi connectivity index (χ2n) is 5.76. The first-order chi connectivity index (χ1) is 11.8. The zero-order chi connectivity index (χ0) is 16.4. The first kappa shape index (κ1) is 15.0. The molecule has 24 heavy (non-hydrogen) atoms. The van der Waals surface area contributed by atoms with Crippen molar-refractivity contribution in [1.82, 2.24) is 0 Å².